The van der Waals surface area contributed by atoms with Crippen LogP contribution >= 0.6 is 11.6 Å². The number of fused-ring (bicyclic) bond motifs is 2. The largest absolute Gasteiger partial charge is 0.487 e. The van der Waals surface area contributed by atoms with Crippen molar-refractivity contribution in [1.29, 1.82) is 0 Å². The van der Waals surface area contributed by atoms with E-state index < -0.39 is 5.60 Å². The number of piperazine rings is 1. The summed E-state index contributed by atoms with van der Waals surface area (Å²) < 4.78 is 11.2. The number of benzene rings is 2. The van der Waals surface area contributed by atoms with Crippen molar-refractivity contribution in [2.75, 3.05) is 38.2 Å². The van der Waals surface area contributed by atoms with Crippen LogP contribution in [0, 0.1) is 0 Å². The average Bonchev–Trinajstić information content (AvgIpc) is 3.10. The molecule has 0 spiro atoms. The molecule has 2 aromatic carbocycles. The normalized spacial score (nSPS) is 18.5. The van der Waals surface area contributed by atoms with Gasteiger partial charge in [-0.15, -0.1) is 0 Å². The van der Waals surface area contributed by atoms with Crippen LogP contribution in [0.4, 0.5) is 5.69 Å². The van der Waals surface area contributed by atoms with Gasteiger partial charge in [-0.2, -0.15) is 0 Å². The minimum absolute atomic E-state index is 0.00121. The van der Waals surface area contributed by atoms with E-state index in [2.05, 4.69) is 26.9 Å². The first-order valence-corrected chi connectivity index (χ1v) is 14.1. The van der Waals surface area contributed by atoms with Gasteiger partial charge in [0.05, 0.1) is 30.9 Å². The Morgan fingerprint density at radius 2 is 1.98 bits per heavy atom. The summed E-state index contributed by atoms with van der Waals surface area (Å²) in [5, 5.41) is 11.4. The zero-order valence-electron chi connectivity index (χ0n) is 23.3. The van der Waals surface area contributed by atoms with E-state index in [1.165, 1.54) is 7.11 Å². The van der Waals surface area contributed by atoms with Crippen molar-refractivity contribution in [3.63, 3.8) is 0 Å². The van der Waals surface area contributed by atoms with Crippen molar-refractivity contribution in [3.05, 3.63) is 94.3 Å². The van der Waals surface area contributed by atoms with Crippen LogP contribution in [0.5, 0.6) is 5.75 Å². The summed E-state index contributed by atoms with van der Waals surface area (Å²) in [5.41, 5.74) is 4.88. The lowest BCUT2D eigenvalue weighted by molar-refractivity contribution is -0.141. The van der Waals surface area contributed by atoms with Gasteiger partial charge in [-0.25, -0.2) is 0 Å². The van der Waals surface area contributed by atoms with E-state index in [9.17, 15) is 9.90 Å². The molecule has 0 saturated carbocycles. The second-order valence-corrected chi connectivity index (χ2v) is 11.3. The molecule has 1 atom stereocenters. The van der Waals surface area contributed by atoms with E-state index in [0.29, 0.717) is 18.1 Å². The number of pyridine rings is 1. The molecule has 1 saturated heterocycles. The maximum absolute atomic E-state index is 12.3. The summed E-state index contributed by atoms with van der Waals surface area (Å²) in [6, 6.07) is 17.7. The summed E-state index contributed by atoms with van der Waals surface area (Å²) >= 11 is 6.11. The monoisotopic (exact) mass is 561 g/mol. The van der Waals surface area contributed by atoms with Crippen molar-refractivity contribution in [3.8, 4) is 5.75 Å². The molecular weight excluding hydrogens is 526 g/mol. The topological polar surface area (TPSA) is 75.1 Å². The lowest BCUT2D eigenvalue weighted by Gasteiger charge is -2.42. The number of rotatable bonds is 7. The number of hydrogen-bond donors (Lipinski definition) is 1. The Balaban J connectivity index is 1.38. The Bertz CT molecular complexity index is 1380. The molecule has 1 fully saturated rings. The molecule has 0 amide bonds. The molecule has 8 heteroatoms. The molecule has 7 nitrogen and oxygen atoms in total. The van der Waals surface area contributed by atoms with Crippen LogP contribution in [-0.2, 0) is 21.7 Å². The minimum Gasteiger partial charge on any atom is -0.487 e. The van der Waals surface area contributed by atoms with Crippen molar-refractivity contribution in [2.24, 2.45) is 0 Å². The molecule has 0 bridgehead atoms. The van der Waals surface area contributed by atoms with Gasteiger partial charge >= 0.3 is 5.97 Å². The fourth-order valence-corrected chi connectivity index (χ4v) is 5.62. The van der Waals surface area contributed by atoms with Crippen LogP contribution in [0.2, 0.25) is 5.02 Å². The standard InChI is InChI=1S/C32H36ClN3O4/c1-32(2,38)22-8-13-30-28(18-22)26(27-6-4-14-34-29(27)21-40-30)7-5-15-35-16-17-36(24-11-9-23(33)10-12-24)25(20-35)19-31(37)39-3/h4,6-14,18,25,38H,5,15-17,19-21H2,1-3H3/b26-7-. The van der Waals surface area contributed by atoms with Gasteiger partial charge in [-0.1, -0.05) is 29.8 Å². The minimum atomic E-state index is -0.970. The van der Waals surface area contributed by atoms with Crippen LogP contribution in [-0.4, -0.2) is 60.3 Å². The number of aliphatic hydroxyl groups is 1. The molecule has 0 aliphatic carbocycles. The zero-order valence-corrected chi connectivity index (χ0v) is 24.0. The Hall–Kier alpha value is -3.39. The van der Waals surface area contributed by atoms with Crippen LogP contribution in [0.1, 0.15) is 49.1 Å². The predicted molar refractivity (Wildman–Crippen MR) is 158 cm³/mol. The molecule has 40 heavy (non-hydrogen) atoms. The fourth-order valence-electron chi connectivity index (χ4n) is 5.49. The van der Waals surface area contributed by atoms with Crippen LogP contribution in [0.3, 0.4) is 0 Å². The number of nitrogens with zero attached hydrogens (tertiary/aromatic N) is 3. The first-order valence-electron chi connectivity index (χ1n) is 13.7. The lowest BCUT2D eigenvalue weighted by Crippen LogP contribution is -2.54. The second kappa shape index (κ2) is 12.0. The van der Waals surface area contributed by atoms with E-state index in [1.807, 2.05) is 48.5 Å². The lowest BCUT2D eigenvalue weighted by atomic mass is 9.90. The Kier molecular flexibility index (Phi) is 8.45. The highest BCUT2D eigenvalue weighted by Crippen LogP contribution is 2.38. The predicted octanol–water partition coefficient (Wildman–Crippen LogP) is 5.43. The average molecular weight is 562 g/mol. The van der Waals surface area contributed by atoms with Gasteiger partial charge < -0.3 is 19.5 Å². The molecule has 3 heterocycles. The van der Waals surface area contributed by atoms with E-state index in [0.717, 1.165) is 72.0 Å². The quantitative estimate of drug-likeness (QED) is 0.385. The number of carbonyl (C=O) groups excluding carboxylic acids is 1. The van der Waals surface area contributed by atoms with E-state index in [4.69, 9.17) is 21.1 Å². The SMILES string of the molecule is COC(=O)CC1CN(CC/C=C2\c3cc(C(C)(C)O)ccc3OCc3ncccc32)CCN1c1ccc(Cl)cc1. The molecule has 210 valence electrons. The Morgan fingerprint density at radius 3 is 2.73 bits per heavy atom. The molecule has 0 radical (unpaired) electrons. The number of carbonyl (C=O) groups is 1. The van der Waals surface area contributed by atoms with Gasteiger partial charge in [0.1, 0.15) is 12.4 Å². The smallest absolute Gasteiger partial charge is 0.307 e. The first-order chi connectivity index (χ1) is 19.2. The van der Waals surface area contributed by atoms with Gasteiger partial charge in [-0.05, 0) is 73.9 Å². The Morgan fingerprint density at radius 1 is 1.18 bits per heavy atom. The molecule has 1 N–H and O–H groups in total. The van der Waals surface area contributed by atoms with Crippen molar-refractivity contribution < 1.29 is 19.4 Å². The van der Waals surface area contributed by atoms with Crippen LogP contribution in [0.15, 0.2) is 66.9 Å². The summed E-state index contributed by atoms with van der Waals surface area (Å²) in [6.45, 7) is 7.25. The summed E-state index contributed by atoms with van der Waals surface area (Å²) in [7, 11) is 1.44. The maximum atomic E-state index is 12.3. The summed E-state index contributed by atoms with van der Waals surface area (Å²) in [6.07, 6.45) is 5.17. The van der Waals surface area contributed by atoms with Crippen molar-refractivity contribution >= 4 is 28.8 Å². The Labute approximate surface area is 241 Å². The number of methoxy groups -OCH3 is 1. The van der Waals surface area contributed by atoms with E-state index >= 15 is 0 Å². The molecule has 5 rings (SSSR count). The van der Waals surface area contributed by atoms with E-state index in [-0.39, 0.29) is 12.0 Å². The number of aromatic nitrogens is 1. The fraction of sp³-hybridized carbons (Fsp3) is 0.375. The van der Waals surface area contributed by atoms with Gasteiger partial charge in [0, 0.05) is 54.2 Å². The number of halogens is 1. The highest BCUT2D eigenvalue weighted by molar-refractivity contribution is 6.30. The third kappa shape index (κ3) is 6.33. The van der Waals surface area contributed by atoms with Crippen molar-refractivity contribution in [1.82, 2.24) is 9.88 Å². The molecule has 1 unspecified atom stereocenters. The van der Waals surface area contributed by atoms with Gasteiger partial charge in [0.25, 0.3) is 0 Å². The zero-order chi connectivity index (χ0) is 28.3. The molecule has 3 aromatic rings. The van der Waals surface area contributed by atoms with Crippen LogP contribution < -0.4 is 9.64 Å². The number of ether oxygens (including phenoxy) is 2. The number of hydrogen-bond acceptors (Lipinski definition) is 7. The highest BCUT2D eigenvalue weighted by atomic mass is 35.5. The maximum Gasteiger partial charge on any atom is 0.307 e. The summed E-state index contributed by atoms with van der Waals surface area (Å²) in [4.78, 5) is 21.5. The van der Waals surface area contributed by atoms with Crippen molar-refractivity contribution in [2.45, 2.75) is 44.9 Å². The third-order valence-corrected chi connectivity index (χ3v) is 7.92. The summed E-state index contributed by atoms with van der Waals surface area (Å²) in [5.74, 6) is 0.571. The van der Waals surface area contributed by atoms with Crippen LogP contribution in [0.25, 0.3) is 5.57 Å². The third-order valence-electron chi connectivity index (χ3n) is 7.67. The van der Waals surface area contributed by atoms with Gasteiger partial charge in [0.15, 0.2) is 0 Å². The highest BCUT2D eigenvalue weighted by Gasteiger charge is 2.29. The first kappa shape index (κ1) is 28.1. The molecule has 1 aromatic heterocycles. The van der Waals surface area contributed by atoms with Gasteiger partial charge in [0.2, 0.25) is 0 Å². The molecule has 2 aliphatic heterocycles. The number of anilines is 1. The molecule has 2 aliphatic rings. The molecular formula is C32H36ClN3O4. The van der Waals surface area contributed by atoms with E-state index in [1.54, 1.807) is 20.0 Å². The number of esters is 1. The second-order valence-electron chi connectivity index (χ2n) is 10.9. The van der Waals surface area contributed by atoms with Gasteiger partial charge in [-0.3, -0.25) is 14.7 Å².